The van der Waals surface area contributed by atoms with Crippen molar-refractivity contribution in [3.05, 3.63) is 82.9 Å². The highest BCUT2D eigenvalue weighted by atomic mass is 32.1. The van der Waals surface area contributed by atoms with E-state index < -0.39 is 0 Å². The molecule has 1 saturated heterocycles. The van der Waals surface area contributed by atoms with Crippen LogP contribution in [0.3, 0.4) is 0 Å². The number of rotatable bonds is 11. The second kappa shape index (κ2) is 13.6. The lowest BCUT2D eigenvalue weighted by Crippen LogP contribution is -2.37. The number of likely N-dealkylation sites (tertiary alicyclic amines) is 1. The maximum Gasteiger partial charge on any atom is 0.261 e. The van der Waals surface area contributed by atoms with Crippen molar-refractivity contribution in [2.24, 2.45) is 0 Å². The Hall–Kier alpha value is -3.99. The Morgan fingerprint density at radius 2 is 1.80 bits per heavy atom. The molecule has 214 valence electrons. The van der Waals surface area contributed by atoms with Crippen molar-refractivity contribution in [3.8, 4) is 22.1 Å². The Morgan fingerprint density at radius 3 is 2.56 bits per heavy atom. The molecule has 1 aliphatic rings. The molecular weight excluding hydrogens is 538 g/mol. The highest BCUT2D eigenvalue weighted by Crippen LogP contribution is 2.28. The Kier molecular flexibility index (Phi) is 9.45. The number of methoxy groups -OCH3 is 2. The number of thiophene rings is 1. The number of carbonyl (C=O) groups is 1. The Bertz CT molecular complexity index is 1450. The predicted molar refractivity (Wildman–Crippen MR) is 161 cm³/mol. The first-order chi connectivity index (χ1) is 20.0. The topological polar surface area (TPSA) is 109 Å². The molecule has 3 heterocycles. The van der Waals surface area contributed by atoms with Crippen LogP contribution >= 0.6 is 11.3 Å². The summed E-state index contributed by atoms with van der Waals surface area (Å²) in [6.07, 6.45) is 4.21. The third-order valence-electron chi connectivity index (χ3n) is 7.06. The molecule has 0 bridgehead atoms. The average Bonchev–Trinajstić information content (AvgIpc) is 3.50. The molecule has 41 heavy (non-hydrogen) atoms. The summed E-state index contributed by atoms with van der Waals surface area (Å²) in [6, 6.07) is 19.4. The van der Waals surface area contributed by atoms with Gasteiger partial charge in [-0.1, -0.05) is 12.1 Å². The minimum atomic E-state index is -0.159. The number of hydrogen-bond donors (Lipinski definition) is 3. The fourth-order valence-corrected chi connectivity index (χ4v) is 5.65. The summed E-state index contributed by atoms with van der Waals surface area (Å²) >= 11 is 1.38. The normalized spacial score (nSPS) is 14.0. The quantitative estimate of drug-likeness (QED) is 0.233. The summed E-state index contributed by atoms with van der Waals surface area (Å²) in [5.74, 6) is 1.68. The van der Waals surface area contributed by atoms with Gasteiger partial charge < -0.3 is 30.1 Å². The molecule has 1 fully saturated rings. The van der Waals surface area contributed by atoms with Crippen molar-refractivity contribution in [2.75, 3.05) is 39.2 Å². The lowest BCUT2D eigenvalue weighted by Gasteiger charge is -2.29. The molecule has 5 rings (SSSR count). The molecule has 3 N–H and O–H groups in total. The van der Waals surface area contributed by atoms with Gasteiger partial charge in [0, 0.05) is 44.1 Å². The second-order valence-electron chi connectivity index (χ2n) is 9.98. The van der Waals surface area contributed by atoms with E-state index in [0.29, 0.717) is 28.9 Å². The number of nitrogens with zero attached hydrogens (tertiary/aromatic N) is 3. The van der Waals surface area contributed by atoms with Crippen LogP contribution < -0.4 is 20.1 Å². The van der Waals surface area contributed by atoms with Crippen LogP contribution in [0.25, 0.3) is 10.6 Å². The third-order valence-corrected chi connectivity index (χ3v) is 8.17. The van der Waals surface area contributed by atoms with Crippen molar-refractivity contribution in [1.29, 1.82) is 0 Å². The van der Waals surface area contributed by atoms with Gasteiger partial charge in [-0.05, 0) is 72.9 Å². The molecule has 0 atom stereocenters. The molecule has 0 spiro atoms. The first-order valence-electron chi connectivity index (χ1n) is 13.7. The van der Waals surface area contributed by atoms with Crippen LogP contribution in [-0.2, 0) is 13.0 Å². The number of hydrogen-bond acceptors (Lipinski definition) is 9. The van der Waals surface area contributed by atoms with Gasteiger partial charge in [0.05, 0.1) is 35.8 Å². The fourth-order valence-electron chi connectivity index (χ4n) is 4.76. The third kappa shape index (κ3) is 7.81. The summed E-state index contributed by atoms with van der Waals surface area (Å²) in [7, 11) is 3.20. The van der Waals surface area contributed by atoms with E-state index in [1.165, 1.54) is 16.9 Å². The number of aromatic nitrogens is 2. The molecule has 0 saturated carbocycles. The van der Waals surface area contributed by atoms with Gasteiger partial charge in [0.25, 0.3) is 5.91 Å². The number of ether oxygens (including phenoxy) is 2. The molecule has 4 aromatic rings. The zero-order chi connectivity index (χ0) is 28.6. The van der Waals surface area contributed by atoms with Crippen molar-refractivity contribution in [3.63, 3.8) is 0 Å². The summed E-state index contributed by atoms with van der Waals surface area (Å²) in [4.78, 5) is 25.8. The van der Waals surface area contributed by atoms with E-state index in [1.54, 1.807) is 26.5 Å². The van der Waals surface area contributed by atoms with Crippen LogP contribution in [0.1, 0.15) is 33.6 Å². The summed E-state index contributed by atoms with van der Waals surface area (Å²) in [5, 5.41) is 16.0. The lowest BCUT2D eigenvalue weighted by atomic mass is 10.1. The van der Waals surface area contributed by atoms with E-state index in [2.05, 4.69) is 32.7 Å². The van der Waals surface area contributed by atoms with Crippen LogP contribution in [0, 0.1) is 0 Å². The number of benzene rings is 2. The van der Waals surface area contributed by atoms with Gasteiger partial charge in [0.2, 0.25) is 5.95 Å². The molecule has 1 aliphatic heterocycles. The fraction of sp³-hybridized carbons (Fsp3) is 0.323. The minimum Gasteiger partial charge on any atom is -0.497 e. The molecule has 1 amide bonds. The highest BCUT2D eigenvalue weighted by molar-refractivity contribution is 7.17. The number of amides is 1. The van der Waals surface area contributed by atoms with Crippen molar-refractivity contribution in [2.45, 2.75) is 31.9 Å². The van der Waals surface area contributed by atoms with Gasteiger partial charge in [-0.15, -0.1) is 11.3 Å². The monoisotopic (exact) mass is 573 g/mol. The molecule has 0 aliphatic carbocycles. The minimum absolute atomic E-state index is 0.151. The molecule has 2 aromatic carbocycles. The molecular formula is C31H35N5O4S. The Labute approximate surface area is 244 Å². The van der Waals surface area contributed by atoms with E-state index in [9.17, 15) is 9.90 Å². The van der Waals surface area contributed by atoms with Gasteiger partial charge in [0.15, 0.2) is 0 Å². The largest absolute Gasteiger partial charge is 0.497 e. The first-order valence-corrected chi connectivity index (χ1v) is 14.5. The zero-order valence-corrected chi connectivity index (χ0v) is 24.1. The number of piperidine rings is 1. The van der Waals surface area contributed by atoms with Crippen LogP contribution in [0.15, 0.2) is 66.9 Å². The Morgan fingerprint density at radius 1 is 1.02 bits per heavy atom. The number of aliphatic hydroxyl groups excluding tert-OH is 1. The predicted octanol–water partition coefficient (Wildman–Crippen LogP) is 4.90. The number of carbonyl (C=O) groups excluding carboxylic acids is 1. The summed E-state index contributed by atoms with van der Waals surface area (Å²) in [6.45, 7) is 3.22. The molecule has 10 heteroatoms. The highest BCUT2D eigenvalue weighted by Gasteiger charge is 2.16. The van der Waals surface area contributed by atoms with Crippen LogP contribution in [-0.4, -0.2) is 65.8 Å². The Balaban J connectivity index is 1.19. The van der Waals surface area contributed by atoms with Gasteiger partial charge in [-0.3, -0.25) is 4.79 Å². The van der Waals surface area contributed by atoms with Crippen LogP contribution in [0.5, 0.6) is 11.5 Å². The van der Waals surface area contributed by atoms with Gasteiger partial charge in [0.1, 0.15) is 11.5 Å². The maximum atomic E-state index is 12.9. The molecule has 2 aromatic heterocycles. The van der Waals surface area contributed by atoms with E-state index in [0.717, 1.165) is 60.7 Å². The summed E-state index contributed by atoms with van der Waals surface area (Å²) < 4.78 is 10.6. The summed E-state index contributed by atoms with van der Waals surface area (Å²) in [5.41, 5.74) is 3.79. The van der Waals surface area contributed by atoms with Crippen molar-refractivity contribution >= 4 is 28.9 Å². The van der Waals surface area contributed by atoms with E-state index in [-0.39, 0.29) is 12.0 Å². The second-order valence-corrected chi connectivity index (χ2v) is 11.1. The van der Waals surface area contributed by atoms with Gasteiger partial charge in [-0.2, -0.15) is 0 Å². The van der Waals surface area contributed by atoms with Crippen molar-refractivity contribution in [1.82, 2.24) is 20.2 Å². The molecule has 0 radical (unpaired) electrons. The first kappa shape index (κ1) is 28.5. The lowest BCUT2D eigenvalue weighted by molar-refractivity contribution is 0.0832. The van der Waals surface area contributed by atoms with Crippen LogP contribution in [0.4, 0.5) is 11.6 Å². The van der Waals surface area contributed by atoms with Crippen LogP contribution in [0.2, 0.25) is 0 Å². The number of anilines is 2. The van der Waals surface area contributed by atoms with E-state index in [4.69, 9.17) is 14.5 Å². The van der Waals surface area contributed by atoms with E-state index >= 15 is 0 Å². The SMILES string of the molecule is COc1cc(CNC(=O)c2ccc(-c3ccnc(Nc4cccc(CCN5CCC(O)CC5)c4)n3)s2)cc(OC)c1. The smallest absolute Gasteiger partial charge is 0.261 e. The number of nitrogens with one attached hydrogen (secondary N) is 2. The van der Waals surface area contributed by atoms with Gasteiger partial charge >= 0.3 is 0 Å². The molecule has 9 nitrogen and oxygen atoms in total. The van der Waals surface area contributed by atoms with Crippen molar-refractivity contribution < 1.29 is 19.4 Å². The average molecular weight is 574 g/mol. The van der Waals surface area contributed by atoms with E-state index in [1.807, 2.05) is 42.5 Å². The maximum absolute atomic E-state index is 12.9. The zero-order valence-electron chi connectivity index (χ0n) is 23.3. The standard InChI is InChI=1S/C31H35N5O4S/c1-39-25-17-22(18-26(19-25)40-2)20-33-30(38)29-7-6-28(41-29)27-8-12-32-31(35-27)34-23-5-3-4-21(16-23)9-13-36-14-10-24(37)11-15-36/h3-8,12,16-19,24,37H,9-11,13-15,20H2,1-2H3,(H,33,38)(H,32,34,35). The van der Waals surface area contributed by atoms with Gasteiger partial charge in [-0.25, -0.2) is 9.97 Å². The number of aliphatic hydroxyl groups is 1. The molecule has 0 unspecified atom stereocenters.